The van der Waals surface area contributed by atoms with Crippen LogP contribution in [0, 0.1) is 22.2 Å². The fraction of sp³-hybridized carbons (Fsp3) is 0.650. The van der Waals surface area contributed by atoms with Crippen LogP contribution in [-0.2, 0) is 4.79 Å². The molecule has 3 rings (SSSR count). The average Bonchev–Trinajstić information content (AvgIpc) is 2.46. The van der Waals surface area contributed by atoms with Gasteiger partial charge in [-0.05, 0) is 66.6 Å². The van der Waals surface area contributed by atoms with Gasteiger partial charge in [-0.3, -0.25) is 4.79 Å². The molecule has 0 aromatic carbocycles. The first-order valence-electron chi connectivity index (χ1n) is 8.45. The van der Waals surface area contributed by atoms with Crippen LogP contribution in [-0.4, -0.2) is 17.0 Å². The summed E-state index contributed by atoms with van der Waals surface area (Å²) in [5, 5.41) is 10.4. The Labute approximate surface area is 134 Å². The van der Waals surface area contributed by atoms with E-state index < -0.39 is 5.41 Å². The molecule has 2 heteroatoms. The Morgan fingerprint density at radius 1 is 1.27 bits per heavy atom. The number of ketones is 1. The van der Waals surface area contributed by atoms with E-state index >= 15 is 0 Å². The number of fused-ring (bicyclic) bond motifs is 3. The van der Waals surface area contributed by atoms with Gasteiger partial charge in [-0.2, -0.15) is 0 Å². The van der Waals surface area contributed by atoms with Crippen molar-refractivity contribution in [2.24, 2.45) is 22.2 Å². The number of aliphatic hydroxyl groups is 1. The molecule has 3 aliphatic rings. The van der Waals surface area contributed by atoms with Gasteiger partial charge < -0.3 is 5.11 Å². The van der Waals surface area contributed by atoms with Gasteiger partial charge in [0, 0.05) is 0 Å². The number of hydrogen-bond donors (Lipinski definition) is 1. The fourth-order valence-electron chi connectivity index (χ4n) is 5.14. The van der Waals surface area contributed by atoms with Crippen LogP contribution in [0.15, 0.2) is 36.0 Å². The third kappa shape index (κ3) is 1.93. The predicted molar refractivity (Wildman–Crippen MR) is 89.3 cm³/mol. The van der Waals surface area contributed by atoms with Crippen LogP contribution in [0.4, 0.5) is 0 Å². The van der Waals surface area contributed by atoms with Gasteiger partial charge in [0.05, 0.1) is 11.5 Å². The number of allylic oxidation sites excluding steroid dienone is 5. The fourth-order valence-corrected chi connectivity index (χ4v) is 5.14. The number of carbonyl (C=O) groups excluding carboxylic acids is 1. The van der Waals surface area contributed by atoms with E-state index in [0.717, 1.165) is 25.7 Å². The van der Waals surface area contributed by atoms with Crippen molar-refractivity contribution < 1.29 is 9.90 Å². The molecule has 0 bridgehead atoms. The van der Waals surface area contributed by atoms with Crippen LogP contribution in [0.25, 0.3) is 0 Å². The summed E-state index contributed by atoms with van der Waals surface area (Å²) in [6.45, 7) is 12.5. The molecule has 2 saturated carbocycles. The third-order valence-corrected chi connectivity index (χ3v) is 6.83. The van der Waals surface area contributed by atoms with Gasteiger partial charge in [0.1, 0.15) is 0 Å². The second-order valence-corrected chi connectivity index (χ2v) is 8.46. The van der Waals surface area contributed by atoms with E-state index in [1.807, 2.05) is 13.0 Å². The van der Waals surface area contributed by atoms with E-state index in [4.69, 9.17) is 0 Å². The molecular weight excluding hydrogens is 272 g/mol. The normalized spacial score (nSPS) is 43.6. The molecule has 0 spiro atoms. The van der Waals surface area contributed by atoms with Crippen LogP contribution in [0.2, 0.25) is 0 Å². The lowest BCUT2D eigenvalue weighted by molar-refractivity contribution is -0.120. The highest BCUT2D eigenvalue weighted by molar-refractivity contribution is 6.00. The van der Waals surface area contributed by atoms with E-state index in [1.165, 1.54) is 11.1 Å². The monoisotopic (exact) mass is 300 g/mol. The van der Waals surface area contributed by atoms with Gasteiger partial charge in [0.15, 0.2) is 5.78 Å². The van der Waals surface area contributed by atoms with Crippen LogP contribution in [0.5, 0.6) is 0 Å². The molecule has 0 aliphatic heterocycles. The van der Waals surface area contributed by atoms with Gasteiger partial charge >= 0.3 is 0 Å². The molecule has 4 atom stereocenters. The van der Waals surface area contributed by atoms with Gasteiger partial charge in [0.2, 0.25) is 0 Å². The lowest BCUT2D eigenvalue weighted by atomic mass is 9.47. The number of rotatable bonds is 1. The lowest BCUT2D eigenvalue weighted by Gasteiger charge is -2.57. The van der Waals surface area contributed by atoms with Crippen molar-refractivity contribution in [1.82, 2.24) is 0 Å². The Balaban J connectivity index is 2.08. The molecule has 22 heavy (non-hydrogen) atoms. The van der Waals surface area contributed by atoms with Gasteiger partial charge in [0.25, 0.3) is 0 Å². The van der Waals surface area contributed by atoms with Gasteiger partial charge in [-0.1, -0.05) is 32.9 Å². The molecule has 2 nitrogen and oxygen atoms in total. The zero-order valence-electron chi connectivity index (χ0n) is 14.3. The average molecular weight is 300 g/mol. The Bertz CT molecular complexity index is 595. The molecule has 2 fully saturated rings. The zero-order valence-corrected chi connectivity index (χ0v) is 14.3. The molecule has 4 unspecified atom stereocenters. The maximum atomic E-state index is 12.6. The molecule has 0 aromatic heterocycles. The molecule has 3 aliphatic carbocycles. The molecular formula is C20H28O2. The summed E-state index contributed by atoms with van der Waals surface area (Å²) in [6, 6.07) is 0. The Hall–Kier alpha value is -1.15. The summed E-state index contributed by atoms with van der Waals surface area (Å²) in [6.07, 6.45) is 9.41. The van der Waals surface area contributed by atoms with E-state index in [1.54, 1.807) is 6.08 Å². The Morgan fingerprint density at radius 2 is 1.95 bits per heavy atom. The van der Waals surface area contributed by atoms with Crippen LogP contribution >= 0.6 is 0 Å². The van der Waals surface area contributed by atoms with Crippen LogP contribution in [0.1, 0.15) is 53.4 Å². The maximum Gasteiger partial charge on any atom is 0.169 e. The second-order valence-electron chi connectivity index (χ2n) is 8.46. The van der Waals surface area contributed by atoms with E-state index in [-0.39, 0.29) is 22.7 Å². The van der Waals surface area contributed by atoms with Crippen molar-refractivity contribution in [3.8, 4) is 0 Å². The molecule has 0 radical (unpaired) electrons. The first-order chi connectivity index (χ1) is 10.1. The molecule has 0 heterocycles. The van der Waals surface area contributed by atoms with Gasteiger partial charge in [-0.25, -0.2) is 0 Å². The van der Waals surface area contributed by atoms with E-state index in [0.29, 0.717) is 5.92 Å². The molecule has 0 amide bonds. The minimum Gasteiger partial charge on any atom is -0.393 e. The minimum atomic E-state index is -0.550. The SMILES string of the molecule is C=CC1(C)C=C2CCC3C(C)(CCC(O)C3(C)C)C2=CC1=O. The smallest absolute Gasteiger partial charge is 0.169 e. The summed E-state index contributed by atoms with van der Waals surface area (Å²) in [7, 11) is 0. The summed E-state index contributed by atoms with van der Waals surface area (Å²) in [5.41, 5.74) is 1.92. The summed E-state index contributed by atoms with van der Waals surface area (Å²) >= 11 is 0. The zero-order chi connectivity index (χ0) is 16.3. The van der Waals surface area contributed by atoms with Gasteiger partial charge in [-0.15, -0.1) is 6.58 Å². The van der Waals surface area contributed by atoms with Crippen molar-refractivity contribution in [3.63, 3.8) is 0 Å². The third-order valence-electron chi connectivity index (χ3n) is 6.83. The summed E-state index contributed by atoms with van der Waals surface area (Å²) in [4.78, 5) is 12.6. The molecule has 1 N–H and O–H groups in total. The van der Waals surface area contributed by atoms with Crippen molar-refractivity contribution in [2.45, 2.75) is 59.5 Å². The quantitative estimate of drug-likeness (QED) is 0.736. The second kappa shape index (κ2) is 4.67. The minimum absolute atomic E-state index is 0.00493. The number of hydrogen-bond acceptors (Lipinski definition) is 2. The predicted octanol–water partition coefficient (Wildman–Crippen LogP) is 4.21. The van der Waals surface area contributed by atoms with Crippen LogP contribution < -0.4 is 0 Å². The van der Waals surface area contributed by atoms with Crippen molar-refractivity contribution >= 4 is 5.78 Å². The van der Waals surface area contributed by atoms with Crippen molar-refractivity contribution in [2.75, 3.05) is 0 Å². The highest BCUT2D eigenvalue weighted by Crippen LogP contribution is 2.61. The van der Waals surface area contributed by atoms with E-state index in [9.17, 15) is 9.90 Å². The summed E-state index contributed by atoms with van der Waals surface area (Å²) in [5.74, 6) is 0.570. The first kappa shape index (κ1) is 15.7. The molecule has 0 aromatic rings. The van der Waals surface area contributed by atoms with E-state index in [2.05, 4.69) is 33.4 Å². The topological polar surface area (TPSA) is 37.3 Å². The van der Waals surface area contributed by atoms with Crippen molar-refractivity contribution in [1.29, 1.82) is 0 Å². The standard InChI is InChI=1S/C20H28O2/c1-6-19(4)12-13-7-8-15-18(2,3)16(21)9-10-20(15,5)14(13)11-17(19)22/h6,11-12,15-16,21H,1,7-10H2,2-5H3. The van der Waals surface area contributed by atoms with Crippen molar-refractivity contribution in [3.05, 3.63) is 36.0 Å². The molecule has 120 valence electrons. The number of carbonyl (C=O) groups is 1. The first-order valence-corrected chi connectivity index (χ1v) is 8.45. The maximum absolute atomic E-state index is 12.6. The highest BCUT2D eigenvalue weighted by atomic mass is 16.3. The highest BCUT2D eigenvalue weighted by Gasteiger charge is 2.55. The summed E-state index contributed by atoms with van der Waals surface area (Å²) < 4.78 is 0. The van der Waals surface area contributed by atoms with Crippen LogP contribution in [0.3, 0.4) is 0 Å². The largest absolute Gasteiger partial charge is 0.393 e. The Morgan fingerprint density at radius 3 is 2.59 bits per heavy atom. The molecule has 0 saturated heterocycles. The Kier molecular flexibility index (Phi) is 3.34. The number of aliphatic hydroxyl groups excluding tert-OH is 1. The lowest BCUT2D eigenvalue weighted by Crippen LogP contribution is -2.53.